The molecule has 0 unspecified atom stereocenters. The van der Waals surface area contributed by atoms with Crippen LogP contribution in [0.3, 0.4) is 0 Å². The number of aliphatic hydroxyl groups excluding tert-OH is 2. The molecule has 5 heteroatoms. The topological polar surface area (TPSA) is 81.6 Å². The van der Waals surface area contributed by atoms with Crippen LogP contribution in [0.5, 0.6) is 0 Å². The van der Waals surface area contributed by atoms with E-state index in [4.69, 9.17) is 10.2 Å². The molecule has 1 fully saturated rings. The normalized spacial score (nSPS) is 28.2. The van der Waals surface area contributed by atoms with Crippen molar-refractivity contribution in [1.82, 2.24) is 10.9 Å². The van der Waals surface area contributed by atoms with Gasteiger partial charge in [-0.15, -0.1) is 0 Å². The summed E-state index contributed by atoms with van der Waals surface area (Å²) in [6, 6.07) is -0.350. The number of hydrazine groups is 1. The standard InChI is InChI=1S/C5H10N2O3/c8-2-4(9)3-1-5(10)7-6-3/h3-4,6,8-9H,1-2H2,(H,7,10)/t3-,4+/m1/s1. The molecule has 0 radical (unpaired) electrons. The van der Waals surface area contributed by atoms with Gasteiger partial charge in [0.25, 0.3) is 0 Å². The zero-order valence-corrected chi connectivity index (χ0v) is 5.37. The highest BCUT2D eigenvalue weighted by Gasteiger charge is 2.26. The Morgan fingerprint density at radius 2 is 2.50 bits per heavy atom. The predicted molar refractivity (Wildman–Crippen MR) is 32.8 cm³/mol. The molecule has 0 aromatic heterocycles. The van der Waals surface area contributed by atoms with Gasteiger partial charge in [0.2, 0.25) is 5.91 Å². The first-order valence-electron chi connectivity index (χ1n) is 3.07. The number of carbonyl (C=O) groups is 1. The van der Waals surface area contributed by atoms with E-state index in [1.54, 1.807) is 0 Å². The Kier molecular flexibility index (Phi) is 2.21. The fourth-order valence-electron chi connectivity index (χ4n) is 0.834. The van der Waals surface area contributed by atoms with Crippen molar-refractivity contribution >= 4 is 5.91 Å². The van der Waals surface area contributed by atoms with Crippen LogP contribution in [0.25, 0.3) is 0 Å². The maximum atomic E-state index is 10.5. The number of aliphatic hydroxyl groups is 2. The highest BCUT2D eigenvalue weighted by atomic mass is 16.3. The Morgan fingerprint density at radius 3 is 2.90 bits per heavy atom. The highest BCUT2D eigenvalue weighted by Crippen LogP contribution is 2.02. The number of rotatable bonds is 2. The van der Waals surface area contributed by atoms with Gasteiger partial charge in [-0.3, -0.25) is 10.2 Å². The van der Waals surface area contributed by atoms with Crippen molar-refractivity contribution in [2.75, 3.05) is 6.61 Å². The Balaban J connectivity index is 2.36. The predicted octanol–water partition coefficient (Wildman–Crippen LogP) is -2.27. The lowest BCUT2D eigenvalue weighted by atomic mass is 10.1. The van der Waals surface area contributed by atoms with Gasteiger partial charge in [-0.2, -0.15) is 0 Å². The third kappa shape index (κ3) is 1.44. The molecule has 1 amide bonds. The molecule has 1 saturated heterocycles. The molecule has 4 N–H and O–H groups in total. The van der Waals surface area contributed by atoms with E-state index in [0.717, 1.165) is 0 Å². The maximum Gasteiger partial charge on any atom is 0.235 e. The molecule has 58 valence electrons. The third-order valence-corrected chi connectivity index (χ3v) is 1.45. The fourth-order valence-corrected chi connectivity index (χ4v) is 0.834. The van der Waals surface area contributed by atoms with E-state index >= 15 is 0 Å². The van der Waals surface area contributed by atoms with Gasteiger partial charge in [-0.1, -0.05) is 0 Å². The average Bonchev–Trinajstić information content (AvgIpc) is 2.34. The van der Waals surface area contributed by atoms with Crippen LogP contribution in [-0.2, 0) is 4.79 Å². The molecule has 0 spiro atoms. The van der Waals surface area contributed by atoms with Crippen molar-refractivity contribution in [2.24, 2.45) is 0 Å². The molecule has 1 aliphatic rings. The number of nitrogens with one attached hydrogen (secondary N) is 2. The molecule has 1 heterocycles. The summed E-state index contributed by atoms with van der Waals surface area (Å²) >= 11 is 0. The number of hydrogen-bond donors (Lipinski definition) is 4. The smallest absolute Gasteiger partial charge is 0.235 e. The van der Waals surface area contributed by atoms with Crippen LogP contribution in [0.4, 0.5) is 0 Å². The van der Waals surface area contributed by atoms with Crippen LogP contribution in [-0.4, -0.2) is 34.9 Å². The van der Waals surface area contributed by atoms with Crippen molar-refractivity contribution in [3.63, 3.8) is 0 Å². The van der Waals surface area contributed by atoms with E-state index in [9.17, 15) is 4.79 Å². The zero-order valence-electron chi connectivity index (χ0n) is 5.37. The van der Waals surface area contributed by atoms with E-state index in [-0.39, 0.29) is 25.0 Å². The molecule has 0 aliphatic carbocycles. The van der Waals surface area contributed by atoms with Crippen LogP contribution in [0.1, 0.15) is 6.42 Å². The van der Waals surface area contributed by atoms with Crippen LogP contribution < -0.4 is 10.9 Å². The summed E-state index contributed by atoms with van der Waals surface area (Å²) in [6.45, 7) is -0.327. The SMILES string of the molecule is O=C1C[C@H]([C@@H](O)CO)NN1. The molecule has 1 rings (SSSR count). The number of amides is 1. The summed E-state index contributed by atoms with van der Waals surface area (Å²) in [5.41, 5.74) is 4.87. The van der Waals surface area contributed by atoms with Crippen LogP contribution in [0.15, 0.2) is 0 Å². The van der Waals surface area contributed by atoms with Crippen molar-refractivity contribution in [1.29, 1.82) is 0 Å². The van der Waals surface area contributed by atoms with Crippen molar-refractivity contribution in [3.05, 3.63) is 0 Å². The van der Waals surface area contributed by atoms with E-state index in [0.29, 0.717) is 0 Å². The largest absolute Gasteiger partial charge is 0.394 e. The quantitative estimate of drug-likeness (QED) is 0.354. The first kappa shape index (κ1) is 7.46. The van der Waals surface area contributed by atoms with Crippen molar-refractivity contribution in [2.45, 2.75) is 18.6 Å². The summed E-state index contributed by atoms with van der Waals surface area (Å²) in [5, 5.41) is 17.4. The first-order chi connectivity index (χ1) is 4.74. The van der Waals surface area contributed by atoms with E-state index in [1.165, 1.54) is 0 Å². The second kappa shape index (κ2) is 2.96. The van der Waals surface area contributed by atoms with Gasteiger partial charge in [-0.05, 0) is 0 Å². The molecule has 0 bridgehead atoms. The Labute approximate surface area is 58.0 Å². The van der Waals surface area contributed by atoms with Gasteiger partial charge >= 0.3 is 0 Å². The van der Waals surface area contributed by atoms with Gasteiger partial charge in [0.1, 0.15) is 0 Å². The highest BCUT2D eigenvalue weighted by molar-refractivity contribution is 5.78. The summed E-state index contributed by atoms with van der Waals surface area (Å²) in [4.78, 5) is 10.5. The second-order valence-electron chi connectivity index (χ2n) is 2.25. The van der Waals surface area contributed by atoms with Crippen LogP contribution in [0, 0.1) is 0 Å². The van der Waals surface area contributed by atoms with Gasteiger partial charge in [0.05, 0.1) is 18.8 Å². The lowest BCUT2D eigenvalue weighted by Crippen LogP contribution is -2.40. The average molecular weight is 146 g/mol. The van der Waals surface area contributed by atoms with Gasteiger partial charge in [-0.25, -0.2) is 5.43 Å². The molecule has 10 heavy (non-hydrogen) atoms. The molecule has 0 saturated carbocycles. The minimum atomic E-state index is -0.862. The molecule has 0 aromatic rings. The lowest BCUT2D eigenvalue weighted by Gasteiger charge is -2.12. The number of carbonyl (C=O) groups excluding carboxylic acids is 1. The maximum absolute atomic E-state index is 10.5. The van der Waals surface area contributed by atoms with Crippen LogP contribution >= 0.6 is 0 Å². The minimum Gasteiger partial charge on any atom is -0.394 e. The summed E-state index contributed by atoms with van der Waals surface area (Å²) in [7, 11) is 0. The summed E-state index contributed by atoms with van der Waals surface area (Å²) in [6.07, 6.45) is -0.638. The summed E-state index contributed by atoms with van der Waals surface area (Å²) in [5.74, 6) is -0.155. The van der Waals surface area contributed by atoms with E-state index < -0.39 is 6.10 Å². The monoisotopic (exact) mass is 146 g/mol. The first-order valence-corrected chi connectivity index (χ1v) is 3.07. The van der Waals surface area contributed by atoms with E-state index in [1.807, 2.05) is 0 Å². The third-order valence-electron chi connectivity index (χ3n) is 1.45. The second-order valence-corrected chi connectivity index (χ2v) is 2.25. The molecule has 5 nitrogen and oxygen atoms in total. The van der Waals surface area contributed by atoms with Gasteiger partial charge in [0, 0.05) is 6.42 Å². The minimum absolute atomic E-state index is 0.155. The Morgan fingerprint density at radius 1 is 1.80 bits per heavy atom. The van der Waals surface area contributed by atoms with Gasteiger partial charge < -0.3 is 10.2 Å². The Bertz CT molecular complexity index is 139. The van der Waals surface area contributed by atoms with Crippen LogP contribution in [0.2, 0.25) is 0 Å². The Hall–Kier alpha value is -0.650. The number of hydrogen-bond acceptors (Lipinski definition) is 4. The summed E-state index contributed by atoms with van der Waals surface area (Å²) < 4.78 is 0. The van der Waals surface area contributed by atoms with Crippen molar-refractivity contribution in [3.8, 4) is 0 Å². The molecule has 2 atom stereocenters. The van der Waals surface area contributed by atoms with Gasteiger partial charge in [0.15, 0.2) is 0 Å². The fraction of sp³-hybridized carbons (Fsp3) is 0.800. The molecular formula is C5H10N2O3. The molecule has 0 aromatic carbocycles. The van der Waals surface area contributed by atoms with E-state index in [2.05, 4.69) is 10.9 Å². The molecule has 1 aliphatic heterocycles. The molecular weight excluding hydrogens is 136 g/mol. The lowest BCUT2D eigenvalue weighted by molar-refractivity contribution is -0.119. The van der Waals surface area contributed by atoms with Crippen molar-refractivity contribution < 1.29 is 15.0 Å². The zero-order chi connectivity index (χ0) is 7.56.